The number of nitrogens with zero attached hydrogens (tertiary/aromatic N) is 2. The molecule has 0 radical (unpaired) electrons. The van der Waals surface area contributed by atoms with Crippen molar-refractivity contribution >= 4 is 11.9 Å². The summed E-state index contributed by atoms with van der Waals surface area (Å²) in [4.78, 5) is 17.9. The molecular weight excluding hydrogens is 356 g/mol. The fourth-order valence-electron chi connectivity index (χ4n) is 4.12. The summed E-state index contributed by atoms with van der Waals surface area (Å²) in [6.45, 7) is 7.03. The Morgan fingerprint density at radius 2 is 2.29 bits per heavy atom. The third kappa shape index (κ3) is 4.88. The summed E-state index contributed by atoms with van der Waals surface area (Å²) >= 11 is 0. The van der Waals surface area contributed by atoms with Gasteiger partial charge in [-0.15, -0.1) is 0 Å². The van der Waals surface area contributed by atoms with Gasteiger partial charge in [0.1, 0.15) is 17.6 Å². The van der Waals surface area contributed by atoms with E-state index in [1.54, 1.807) is 7.05 Å². The van der Waals surface area contributed by atoms with E-state index in [0.717, 1.165) is 55.4 Å². The number of amides is 1. The van der Waals surface area contributed by atoms with Crippen LogP contribution in [-0.4, -0.2) is 49.6 Å². The molecule has 0 aliphatic carbocycles. The fourth-order valence-corrected chi connectivity index (χ4v) is 4.12. The van der Waals surface area contributed by atoms with E-state index >= 15 is 0 Å². The molecule has 2 unspecified atom stereocenters. The molecule has 1 amide bonds. The van der Waals surface area contributed by atoms with Crippen LogP contribution in [0.3, 0.4) is 0 Å². The second kappa shape index (κ2) is 9.17. The van der Waals surface area contributed by atoms with Crippen molar-refractivity contribution in [3.63, 3.8) is 0 Å². The normalized spacial score (nSPS) is 21.8. The lowest BCUT2D eigenvalue weighted by Crippen LogP contribution is -2.46. The van der Waals surface area contributed by atoms with Gasteiger partial charge in [0.2, 0.25) is 5.91 Å². The average Bonchev–Trinajstić information content (AvgIpc) is 3.01. The molecule has 1 fully saturated rings. The first-order valence-corrected chi connectivity index (χ1v) is 10.2. The number of rotatable bonds is 6. The number of piperidine rings is 1. The lowest BCUT2D eigenvalue weighted by Gasteiger charge is -2.34. The van der Waals surface area contributed by atoms with Crippen molar-refractivity contribution in [2.75, 3.05) is 26.7 Å². The molecule has 2 atom stereocenters. The van der Waals surface area contributed by atoms with Crippen molar-refractivity contribution in [3.05, 3.63) is 23.3 Å². The van der Waals surface area contributed by atoms with Gasteiger partial charge in [-0.05, 0) is 44.7 Å². The van der Waals surface area contributed by atoms with Gasteiger partial charge in [-0.2, -0.15) is 0 Å². The van der Waals surface area contributed by atoms with Gasteiger partial charge < -0.3 is 25.4 Å². The quantitative estimate of drug-likeness (QED) is 0.575. The van der Waals surface area contributed by atoms with Gasteiger partial charge in [0.15, 0.2) is 5.96 Å². The summed E-state index contributed by atoms with van der Waals surface area (Å²) in [5.74, 6) is 2.74. The summed E-state index contributed by atoms with van der Waals surface area (Å²) in [5, 5.41) is 3.45. The number of carbonyl (C=O) groups is 1. The van der Waals surface area contributed by atoms with Crippen molar-refractivity contribution in [2.24, 2.45) is 16.6 Å². The Bertz CT molecular complexity index is 735. The van der Waals surface area contributed by atoms with Crippen LogP contribution in [0.25, 0.3) is 0 Å². The lowest BCUT2D eigenvalue weighted by atomic mass is 9.95. The molecule has 0 bridgehead atoms. The van der Waals surface area contributed by atoms with Crippen molar-refractivity contribution in [1.29, 1.82) is 0 Å². The summed E-state index contributed by atoms with van der Waals surface area (Å²) in [5.41, 5.74) is 7.64. The number of hydrogen-bond acceptors (Lipinski definition) is 4. The Labute approximate surface area is 167 Å². The molecule has 2 heterocycles. The SMILES string of the molecule is CCOc1cc2c(cc1CNC(=NC)N1CCCC(CC(N)=O)C1)OC(C)C2. The molecule has 1 aromatic rings. The predicted octanol–water partition coefficient (Wildman–Crippen LogP) is 2.07. The Kier molecular flexibility index (Phi) is 6.65. The first kappa shape index (κ1) is 20.3. The highest BCUT2D eigenvalue weighted by Gasteiger charge is 2.25. The molecule has 154 valence electrons. The first-order valence-electron chi connectivity index (χ1n) is 10.2. The molecule has 3 rings (SSSR count). The van der Waals surface area contributed by atoms with E-state index in [1.807, 2.05) is 6.92 Å². The third-order valence-electron chi connectivity index (χ3n) is 5.34. The smallest absolute Gasteiger partial charge is 0.217 e. The monoisotopic (exact) mass is 388 g/mol. The molecule has 0 aromatic heterocycles. The standard InChI is InChI=1S/C21H32N4O3/c1-4-27-18-10-16-8-14(2)28-19(16)11-17(18)12-24-21(23-3)25-7-5-6-15(13-25)9-20(22)26/h10-11,14-15H,4-9,12-13H2,1-3H3,(H2,22,26)(H,23,24). The van der Waals surface area contributed by atoms with Gasteiger partial charge in [0.25, 0.3) is 0 Å². The van der Waals surface area contributed by atoms with Crippen LogP contribution in [0.2, 0.25) is 0 Å². The number of likely N-dealkylation sites (tertiary alicyclic amines) is 1. The van der Waals surface area contributed by atoms with Crippen LogP contribution >= 0.6 is 0 Å². The summed E-state index contributed by atoms with van der Waals surface area (Å²) in [6.07, 6.45) is 3.62. The minimum Gasteiger partial charge on any atom is -0.494 e. The minimum atomic E-state index is -0.233. The second-order valence-corrected chi connectivity index (χ2v) is 7.66. The molecule has 1 saturated heterocycles. The van der Waals surface area contributed by atoms with Gasteiger partial charge in [0, 0.05) is 50.7 Å². The topological polar surface area (TPSA) is 89.2 Å². The fraction of sp³-hybridized carbons (Fsp3) is 0.619. The molecule has 0 saturated carbocycles. The molecule has 28 heavy (non-hydrogen) atoms. The highest BCUT2D eigenvalue weighted by molar-refractivity contribution is 5.80. The van der Waals surface area contributed by atoms with Crippen LogP contribution in [0.4, 0.5) is 0 Å². The molecule has 2 aliphatic heterocycles. The van der Waals surface area contributed by atoms with E-state index < -0.39 is 0 Å². The van der Waals surface area contributed by atoms with E-state index in [4.69, 9.17) is 15.2 Å². The molecule has 7 nitrogen and oxygen atoms in total. The molecule has 1 aromatic carbocycles. The third-order valence-corrected chi connectivity index (χ3v) is 5.34. The van der Waals surface area contributed by atoms with Crippen molar-refractivity contribution in [2.45, 2.75) is 52.2 Å². The number of nitrogens with two attached hydrogens (primary N) is 1. The highest BCUT2D eigenvalue weighted by Crippen LogP contribution is 2.35. The van der Waals surface area contributed by atoms with Crippen molar-refractivity contribution in [3.8, 4) is 11.5 Å². The van der Waals surface area contributed by atoms with Gasteiger partial charge in [0.05, 0.1) is 6.61 Å². The maximum Gasteiger partial charge on any atom is 0.217 e. The Morgan fingerprint density at radius 3 is 3.00 bits per heavy atom. The number of guanidine groups is 1. The average molecular weight is 389 g/mol. The van der Waals surface area contributed by atoms with Crippen LogP contribution in [-0.2, 0) is 17.8 Å². The van der Waals surface area contributed by atoms with Crippen LogP contribution in [0.1, 0.15) is 44.2 Å². The molecule has 2 aliphatic rings. The number of ether oxygens (including phenoxy) is 2. The van der Waals surface area contributed by atoms with Crippen LogP contribution < -0.4 is 20.5 Å². The number of fused-ring (bicyclic) bond motifs is 1. The van der Waals surface area contributed by atoms with E-state index in [0.29, 0.717) is 25.5 Å². The Hall–Kier alpha value is -2.44. The number of nitrogens with one attached hydrogen (secondary N) is 1. The summed E-state index contributed by atoms with van der Waals surface area (Å²) < 4.78 is 11.8. The number of aliphatic imine (C=N–C) groups is 1. The zero-order chi connectivity index (χ0) is 20.1. The van der Waals surface area contributed by atoms with E-state index in [2.05, 4.69) is 34.3 Å². The number of primary amides is 1. The van der Waals surface area contributed by atoms with Crippen LogP contribution in [0.15, 0.2) is 17.1 Å². The zero-order valence-electron chi connectivity index (χ0n) is 17.2. The van der Waals surface area contributed by atoms with E-state index in [-0.39, 0.29) is 12.0 Å². The summed E-state index contributed by atoms with van der Waals surface area (Å²) in [6, 6.07) is 4.18. The molecule has 0 spiro atoms. The number of benzene rings is 1. The highest BCUT2D eigenvalue weighted by atomic mass is 16.5. The Balaban J connectivity index is 1.68. The van der Waals surface area contributed by atoms with Crippen molar-refractivity contribution < 1.29 is 14.3 Å². The van der Waals surface area contributed by atoms with Gasteiger partial charge in [-0.3, -0.25) is 9.79 Å². The van der Waals surface area contributed by atoms with Crippen LogP contribution in [0, 0.1) is 5.92 Å². The van der Waals surface area contributed by atoms with E-state index in [9.17, 15) is 4.79 Å². The first-order chi connectivity index (χ1) is 13.5. The minimum absolute atomic E-state index is 0.205. The van der Waals surface area contributed by atoms with Crippen LogP contribution in [0.5, 0.6) is 11.5 Å². The summed E-state index contributed by atoms with van der Waals surface area (Å²) in [7, 11) is 1.79. The second-order valence-electron chi connectivity index (χ2n) is 7.66. The maximum absolute atomic E-state index is 11.3. The maximum atomic E-state index is 11.3. The number of hydrogen-bond donors (Lipinski definition) is 2. The van der Waals surface area contributed by atoms with E-state index in [1.165, 1.54) is 5.56 Å². The predicted molar refractivity (Wildman–Crippen MR) is 110 cm³/mol. The zero-order valence-corrected chi connectivity index (χ0v) is 17.2. The van der Waals surface area contributed by atoms with Gasteiger partial charge >= 0.3 is 0 Å². The molecular formula is C21H32N4O3. The largest absolute Gasteiger partial charge is 0.494 e. The number of carbonyl (C=O) groups excluding carboxylic acids is 1. The Morgan fingerprint density at radius 1 is 1.46 bits per heavy atom. The molecule has 3 N–H and O–H groups in total. The van der Waals surface area contributed by atoms with Crippen molar-refractivity contribution in [1.82, 2.24) is 10.2 Å². The lowest BCUT2D eigenvalue weighted by molar-refractivity contribution is -0.119. The van der Waals surface area contributed by atoms with Gasteiger partial charge in [-0.1, -0.05) is 0 Å². The molecule has 7 heteroatoms. The van der Waals surface area contributed by atoms with Gasteiger partial charge in [-0.25, -0.2) is 0 Å².